The monoisotopic (exact) mass is 382 g/mol. The first-order valence-corrected chi connectivity index (χ1v) is 9.72. The molecule has 0 radical (unpaired) electrons. The van der Waals surface area contributed by atoms with Crippen molar-refractivity contribution in [1.82, 2.24) is 5.32 Å². The summed E-state index contributed by atoms with van der Waals surface area (Å²) >= 11 is 5.08. The molecule has 6 nitrogen and oxygen atoms in total. The van der Waals surface area contributed by atoms with Crippen LogP contribution in [0.15, 0.2) is 59.8 Å². The lowest BCUT2D eigenvalue weighted by molar-refractivity contribution is 0.175. The highest BCUT2D eigenvalue weighted by Crippen LogP contribution is 2.26. The van der Waals surface area contributed by atoms with Crippen LogP contribution in [0.2, 0.25) is 0 Å². The molecule has 0 bridgehead atoms. The molecule has 2 aliphatic carbocycles. The summed E-state index contributed by atoms with van der Waals surface area (Å²) in [7, 11) is -4.04. The first kappa shape index (κ1) is 19.6. The number of nitrogens with two attached hydrogens (primary N) is 1. The van der Waals surface area contributed by atoms with Gasteiger partial charge in [0.05, 0.1) is 11.3 Å². The van der Waals surface area contributed by atoms with Crippen molar-refractivity contribution >= 4 is 27.5 Å². The highest BCUT2D eigenvalue weighted by Gasteiger charge is 2.23. The maximum Gasteiger partial charge on any atom is 0.266 e. The number of ether oxygens (including phenoxy) is 1. The Kier molecular flexibility index (Phi) is 5.68. The van der Waals surface area contributed by atoms with Crippen molar-refractivity contribution in [1.29, 1.82) is 0 Å². The van der Waals surface area contributed by atoms with Crippen molar-refractivity contribution in [2.75, 3.05) is 12.3 Å². The second-order valence-electron chi connectivity index (χ2n) is 6.40. The van der Waals surface area contributed by atoms with E-state index in [2.05, 4.69) is 5.32 Å². The molecule has 0 heterocycles. The van der Waals surface area contributed by atoms with Crippen LogP contribution in [0.4, 0.5) is 0 Å². The van der Waals surface area contributed by atoms with Crippen LogP contribution >= 0.6 is 12.2 Å². The van der Waals surface area contributed by atoms with Crippen LogP contribution in [0.1, 0.15) is 13.8 Å². The molecule has 25 heavy (non-hydrogen) atoms. The van der Waals surface area contributed by atoms with E-state index in [1.807, 2.05) is 62.5 Å². The molecule has 0 fully saturated rings. The lowest BCUT2D eigenvalue weighted by Gasteiger charge is -2.24. The van der Waals surface area contributed by atoms with Gasteiger partial charge in [0.25, 0.3) is 15.3 Å². The van der Waals surface area contributed by atoms with Gasteiger partial charge in [-0.1, -0.05) is 36.5 Å². The molecule has 4 N–H and O–H groups in total. The minimum absolute atomic E-state index is 0.0313. The highest BCUT2D eigenvalue weighted by molar-refractivity contribution is 7.85. The first-order valence-electron chi connectivity index (χ1n) is 7.70. The van der Waals surface area contributed by atoms with Crippen LogP contribution in [0, 0.1) is 0 Å². The molecule has 2 rings (SSSR count). The van der Waals surface area contributed by atoms with Crippen LogP contribution in [-0.2, 0) is 14.9 Å². The zero-order valence-electron chi connectivity index (χ0n) is 14.1. The third kappa shape index (κ3) is 6.24. The Labute approximate surface area is 153 Å². The van der Waals surface area contributed by atoms with Crippen molar-refractivity contribution in [3.05, 3.63) is 59.8 Å². The van der Waals surface area contributed by atoms with Gasteiger partial charge in [0.2, 0.25) is 0 Å². The Balaban J connectivity index is 2.04. The van der Waals surface area contributed by atoms with E-state index in [4.69, 9.17) is 27.2 Å². The van der Waals surface area contributed by atoms with Crippen LogP contribution in [0.3, 0.4) is 0 Å². The summed E-state index contributed by atoms with van der Waals surface area (Å²) in [5.41, 5.74) is 6.82. The van der Waals surface area contributed by atoms with Gasteiger partial charge in [-0.15, -0.1) is 0 Å². The Hall–Kier alpha value is -1.74. The molecule has 136 valence electrons. The second-order valence-corrected chi connectivity index (χ2v) is 8.34. The fraction of sp³-hybridized carbons (Fsp3) is 0.353. The predicted octanol–water partition coefficient (Wildman–Crippen LogP) is 1.79. The Bertz CT molecular complexity index is 767. The standard InChI is InChI=1S/C17H22N2O4S2/c1-16(18)7-3-13-5-9-17(2,10-6-14(13)4-8-16)23-15(24)19-11-12-25(20,21)22/h3-10H,11-12,18H2,1-2H3,(H,19,24)(H,20,21,22). The zero-order chi connectivity index (χ0) is 18.7. The molecule has 0 spiro atoms. The number of allylic oxidation sites excluding steroid dienone is 6. The van der Waals surface area contributed by atoms with Crippen LogP contribution in [0.5, 0.6) is 0 Å². The highest BCUT2D eigenvalue weighted by atomic mass is 32.2. The average molecular weight is 383 g/mol. The van der Waals surface area contributed by atoms with Gasteiger partial charge < -0.3 is 15.8 Å². The molecular weight excluding hydrogens is 360 g/mol. The SMILES string of the molecule is CC1(N)C=CC2=C(C=C1)C=CC(C)(OC(=S)NCCS(=O)(=O)O)C=C2. The van der Waals surface area contributed by atoms with E-state index in [9.17, 15) is 8.42 Å². The number of nitrogens with one attached hydrogen (secondary N) is 1. The van der Waals surface area contributed by atoms with Crippen molar-refractivity contribution in [2.45, 2.75) is 25.0 Å². The van der Waals surface area contributed by atoms with E-state index >= 15 is 0 Å². The summed E-state index contributed by atoms with van der Waals surface area (Å²) in [5.74, 6) is -0.442. The van der Waals surface area contributed by atoms with E-state index in [1.54, 1.807) is 0 Å². The fourth-order valence-corrected chi connectivity index (χ4v) is 2.88. The zero-order valence-corrected chi connectivity index (χ0v) is 15.7. The molecule has 0 saturated heterocycles. The second kappa shape index (κ2) is 7.25. The Morgan fingerprint density at radius 2 is 1.64 bits per heavy atom. The molecule has 0 atom stereocenters. The van der Waals surface area contributed by atoms with Crippen LogP contribution < -0.4 is 11.1 Å². The largest absolute Gasteiger partial charge is 0.456 e. The summed E-state index contributed by atoms with van der Waals surface area (Å²) < 4.78 is 35.9. The predicted molar refractivity (Wildman–Crippen MR) is 103 cm³/mol. The summed E-state index contributed by atoms with van der Waals surface area (Å²) in [6.07, 6.45) is 15.4. The Morgan fingerprint density at radius 1 is 1.16 bits per heavy atom. The smallest absolute Gasteiger partial charge is 0.266 e. The molecule has 0 aromatic heterocycles. The molecule has 0 saturated carbocycles. The normalized spacial score (nSPS) is 20.6. The van der Waals surface area contributed by atoms with Gasteiger partial charge in [-0.05, 0) is 49.4 Å². The van der Waals surface area contributed by atoms with Crippen LogP contribution in [-0.4, -0.2) is 41.6 Å². The molecule has 0 aliphatic heterocycles. The lowest BCUT2D eigenvalue weighted by atomic mass is 10.0. The lowest BCUT2D eigenvalue weighted by Crippen LogP contribution is -2.36. The molecule has 0 aromatic carbocycles. The summed E-state index contributed by atoms with van der Waals surface area (Å²) in [6.45, 7) is 3.73. The van der Waals surface area contributed by atoms with Gasteiger partial charge in [-0.2, -0.15) is 8.42 Å². The molecule has 0 amide bonds. The quantitative estimate of drug-likeness (QED) is 0.503. The van der Waals surface area contributed by atoms with E-state index in [0.717, 1.165) is 11.1 Å². The summed E-state index contributed by atoms with van der Waals surface area (Å²) in [5, 5.41) is 2.71. The maximum atomic E-state index is 10.7. The number of thiocarbonyl (C=S) groups is 1. The van der Waals surface area contributed by atoms with E-state index in [0.29, 0.717) is 0 Å². The summed E-state index contributed by atoms with van der Waals surface area (Å²) in [4.78, 5) is 0. The van der Waals surface area contributed by atoms with Gasteiger partial charge >= 0.3 is 0 Å². The van der Waals surface area contributed by atoms with Gasteiger partial charge in [0, 0.05) is 6.54 Å². The van der Waals surface area contributed by atoms with Crippen LogP contribution in [0.25, 0.3) is 0 Å². The van der Waals surface area contributed by atoms with Crippen molar-refractivity contribution in [3.8, 4) is 0 Å². The minimum atomic E-state index is -4.04. The first-order chi connectivity index (χ1) is 11.5. The van der Waals surface area contributed by atoms with Gasteiger partial charge in [0.15, 0.2) is 0 Å². The van der Waals surface area contributed by atoms with E-state index in [1.165, 1.54) is 0 Å². The topological polar surface area (TPSA) is 102 Å². The van der Waals surface area contributed by atoms with E-state index in [-0.39, 0.29) is 11.7 Å². The number of rotatable bonds is 4. The van der Waals surface area contributed by atoms with Crippen molar-refractivity contribution in [3.63, 3.8) is 0 Å². The van der Waals surface area contributed by atoms with Crippen molar-refractivity contribution < 1.29 is 17.7 Å². The minimum Gasteiger partial charge on any atom is -0.456 e. The number of hydrogen-bond donors (Lipinski definition) is 3. The summed E-state index contributed by atoms with van der Waals surface area (Å²) in [6, 6.07) is 0. The van der Waals surface area contributed by atoms with Gasteiger partial charge in [-0.3, -0.25) is 4.55 Å². The third-order valence-electron chi connectivity index (χ3n) is 3.71. The molecule has 0 unspecified atom stereocenters. The van der Waals surface area contributed by atoms with E-state index < -0.39 is 27.0 Å². The van der Waals surface area contributed by atoms with Gasteiger partial charge in [-0.25, -0.2) is 0 Å². The molecular formula is C17H22N2O4S2. The van der Waals surface area contributed by atoms with Gasteiger partial charge in [0.1, 0.15) is 5.60 Å². The molecule has 0 aromatic rings. The third-order valence-corrected chi connectivity index (χ3v) is 4.65. The maximum absolute atomic E-state index is 10.7. The molecule has 2 aliphatic rings. The number of hydrogen-bond acceptors (Lipinski definition) is 5. The molecule has 8 heteroatoms. The Morgan fingerprint density at radius 3 is 2.12 bits per heavy atom. The fourth-order valence-electron chi connectivity index (χ4n) is 2.24. The van der Waals surface area contributed by atoms with Crippen molar-refractivity contribution in [2.24, 2.45) is 5.73 Å². The average Bonchev–Trinajstić information content (AvgIpc) is 2.70.